The van der Waals surface area contributed by atoms with E-state index in [1.54, 1.807) is 7.11 Å². The van der Waals surface area contributed by atoms with E-state index in [4.69, 9.17) is 9.47 Å². The van der Waals surface area contributed by atoms with Crippen LogP contribution in [0.25, 0.3) is 0 Å². The minimum Gasteiger partial charge on any atom is -0.497 e. The second-order valence-electron chi connectivity index (χ2n) is 7.79. The molecule has 1 saturated carbocycles. The molecular weight excluding hydrogens is 298 g/mol. The number of piperidine rings is 1. The fraction of sp³-hybridized carbons (Fsp3) is 0.619. The fourth-order valence-electron chi connectivity index (χ4n) is 4.61. The molecule has 0 radical (unpaired) electrons. The second kappa shape index (κ2) is 6.53. The lowest BCUT2D eigenvalue weighted by Gasteiger charge is -2.40. The summed E-state index contributed by atoms with van der Waals surface area (Å²) in [7, 11) is 1.76. The highest BCUT2D eigenvalue weighted by Gasteiger charge is 2.46. The summed E-state index contributed by atoms with van der Waals surface area (Å²) in [5.41, 5.74) is 3.12. The molecule has 130 valence electrons. The Morgan fingerprint density at radius 2 is 2.08 bits per heavy atom. The van der Waals surface area contributed by atoms with Crippen LogP contribution in [0, 0.1) is 5.92 Å². The van der Waals surface area contributed by atoms with Crippen LogP contribution in [0.3, 0.4) is 0 Å². The van der Waals surface area contributed by atoms with Crippen LogP contribution in [-0.4, -0.2) is 38.3 Å². The molecule has 0 aromatic heterocycles. The number of hydrogen-bond donors (Lipinski definition) is 0. The third-order valence-corrected chi connectivity index (χ3v) is 6.20. The first-order chi connectivity index (χ1) is 11.7. The number of hydrogen-bond acceptors (Lipinski definition) is 3. The van der Waals surface area contributed by atoms with Gasteiger partial charge in [0.05, 0.1) is 19.8 Å². The van der Waals surface area contributed by atoms with Gasteiger partial charge in [-0.2, -0.15) is 0 Å². The van der Waals surface area contributed by atoms with E-state index in [-0.39, 0.29) is 11.5 Å². The second-order valence-corrected chi connectivity index (χ2v) is 7.79. The third-order valence-electron chi connectivity index (χ3n) is 6.20. The van der Waals surface area contributed by atoms with Crippen molar-refractivity contribution in [3.63, 3.8) is 0 Å². The molecule has 2 aliphatic carbocycles. The van der Waals surface area contributed by atoms with Gasteiger partial charge in [-0.3, -0.25) is 0 Å². The molecule has 4 rings (SSSR count). The van der Waals surface area contributed by atoms with Gasteiger partial charge in [-0.15, -0.1) is 6.58 Å². The van der Waals surface area contributed by atoms with Gasteiger partial charge in [0.25, 0.3) is 0 Å². The Hall–Kier alpha value is -1.32. The predicted octanol–water partition coefficient (Wildman–Crippen LogP) is 4.09. The normalized spacial score (nSPS) is 25.6. The van der Waals surface area contributed by atoms with E-state index in [2.05, 4.69) is 29.7 Å². The average molecular weight is 327 g/mol. The molecule has 3 aliphatic rings. The van der Waals surface area contributed by atoms with Crippen LogP contribution in [0.1, 0.15) is 49.3 Å². The van der Waals surface area contributed by atoms with Crippen molar-refractivity contribution >= 4 is 0 Å². The zero-order valence-corrected chi connectivity index (χ0v) is 14.8. The van der Waals surface area contributed by atoms with E-state index in [0.717, 1.165) is 18.1 Å². The average Bonchev–Trinajstić information content (AvgIpc) is 3.39. The van der Waals surface area contributed by atoms with Crippen molar-refractivity contribution in [3.8, 4) is 5.75 Å². The lowest BCUT2D eigenvalue weighted by molar-refractivity contribution is 0.0487. The Kier molecular flexibility index (Phi) is 4.40. The first kappa shape index (κ1) is 16.2. The summed E-state index contributed by atoms with van der Waals surface area (Å²) in [4.78, 5) is 2.68. The van der Waals surface area contributed by atoms with Gasteiger partial charge < -0.3 is 14.4 Å². The van der Waals surface area contributed by atoms with Crippen molar-refractivity contribution in [2.24, 2.45) is 5.92 Å². The summed E-state index contributed by atoms with van der Waals surface area (Å²) >= 11 is 0. The molecule has 1 atom stereocenters. The van der Waals surface area contributed by atoms with Crippen molar-refractivity contribution in [2.45, 2.75) is 43.6 Å². The zero-order valence-electron chi connectivity index (χ0n) is 14.8. The van der Waals surface area contributed by atoms with Gasteiger partial charge in [0.15, 0.2) is 0 Å². The van der Waals surface area contributed by atoms with Gasteiger partial charge in [0, 0.05) is 12.0 Å². The van der Waals surface area contributed by atoms with E-state index in [9.17, 15) is 0 Å². The maximum Gasteiger partial charge on any atom is 0.119 e. The van der Waals surface area contributed by atoms with Crippen LogP contribution in [0.15, 0.2) is 30.9 Å². The van der Waals surface area contributed by atoms with Crippen LogP contribution in [0.5, 0.6) is 5.75 Å². The number of methoxy groups -OCH3 is 1. The Bertz CT molecular complexity index is 600. The van der Waals surface area contributed by atoms with Crippen LogP contribution >= 0.6 is 0 Å². The van der Waals surface area contributed by atoms with Crippen LogP contribution in [-0.2, 0) is 10.2 Å². The molecule has 0 N–H and O–H groups in total. The molecule has 0 amide bonds. The molecule has 3 heteroatoms. The monoisotopic (exact) mass is 327 g/mol. The molecule has 1 aromatic carbocycles. The summed E-state index contributed by atoms with van der Waals surface area (Å²) in [5, 5.41) is 0. The summed E-state index contributed by atoms with van der Waals surface area (Å²) in [6.45, 7) is 8.19. The summed E-state index contributed by atoms with van der Waals surface area (Å²) in [5.74, 6) is 1.96. The smallest absolute Gasteiger partial charge is 0.119 e. The quantitative estimate of drug-likeness (QED) is 0.735. The summed E-state index contributed by atoms with van der Waals surface area (Å²) in [6, 6.07) is 6.56. The van der Waals surface area contributed by atoms with Crippen molar-refractivity contribution in [1.29, 1.82) is 0 Å². The molecule has 3 nitrogen and oxygen atoms in total. The number of likely N-dealkylation sites (tertiary alicyclic amines) is 1. The summed E-state index contributed by atoms with van der Waals surface area (Å²) in [6.07, 6.45) is 8.55. The Morgan fingerprint density at radius 1 is 1.29 bits per heavy atom. The first-order valence-corrected chi connectivity index (χ1v) is 9.37. The topological polar surface area (TPSA) is 21.7 Å². The SMILES string of the molecule is C=CCO[C@@H]1CC2(CCN(CC3CC3)CC2)c2cc(OC)ccc21. The van der Waals surface area contributed by atoms with Crippen molar-refractivity contribution in [3.05, 3.63) is 42.0 Å². The Balaban J connectivity index is 1.56. The molecule has 1 heterocycles. The fourth-order valence-corrected chi connectivity index (χ4v) is 4.61. The van der Waals surface area contributed by atoms with Gasteiger partial charge in [0.2, 0.25) is 0 Å². The lowest BCUT2D eigenvalue weighted by atomic mass is 9.73. The first-order valence-electron chi connectivity index (χ1n) is 9.37. The van der Waals surface area contributed by atoms with Gasteiger partial charge in [-0.1, -0.05) is 12.1 Å². The molecule has 1 saturated heterocycles. The van der Waals surface area contributed by atoms with Gasteiger partial charge in [-0.05, 0) is 74.4 Å². The van der Waals surface area contributed by atoms with E-state index in [0.29, 0.717) is 6.61 Å². The molecule has 24 heavy (non-hydrogen) atoms. The van der Waals surface area contributed by atoms with Crippen molar-refractivity contribution in [1.82, 2.24) is 4.90 Å². The van der Waals surface area contributed by atoms with Gasteiger partial charge in [0.1, 0.15) is 5.75 Å². The largest absolute Gasteiger partial charge is 0.497 e. The highest BCUT2D eigenvalue weighted by Crippen LogP contribution is 2.53. The molecule has 0 unspecified atom stereocenters. The number of fused-ring (bicyclic) bond motifs is 2. The maximum absolute atomic E-state index is 6.11. The third kappa shape index (κ3) is 3.00. The Labute approximate surface area is 145 Å². The van der Waals surface area contributed by atoms with Gasteiger partial charge >= 0.3 is 0 Å². The van der Waals surface area contributed by atoms with Crippen LogP contribution < -0.4 is 4.74 Å². The number of nitrogens with zero attached hydrogens (tertiary/aromatic N) is 1. The summed E-state index contributed by atoms with van der Waals surface area (Å²) < 4.78 is 11.6. The van der Waals surface area contributed by atoms with E-state index >= 15 is 0 Å². The molecule has 1 spiro atoms. The highest BCUT2D eigenvalue weighted by molar-refractivity contribution is 5.46. The van der Waals surface area contributed by atoms with Crippen LogP contribution in [0.4, 0.5) is 0 Å². The van der Waals surface area contributed by atoms with Crippen molar-refractivity contribution in [2.75, 3.05) is 33.4 Å². The molecular formula is C21H29NO2. The molecule has 2 fully saturated rings. The number of benzene rings is 1. The standard InChI is InChI=1S/C21H29NO2/c1-3-12-24-20-14-21(19-13-17(23-2)6-7-18(19)20)8-10-22(11-9-21)15-16-4-5-16/h3,6-7,13,16,20H,1,4-5,8-12,14-15H2,2H3/t20-/m1/s1. The van der Waals surface area contributed by atoms with Gasteiger partial charge in [-0.25, -0.2) is 0 Å². The maximum atomic E-state index is 6.11. The minimum absolute atomic E-state index is 0.207. The predicted molar refractivity (Wildman–Crippen MR) is 96.6 cm³/mol. The molecule has 1 aromatic rings. The van der Waals surface area contributed by atoms with Crippen molar-refractivity contribution < 1.29 is 9.47 Å². The zero-order chi connectivity index (χ0) is 16.6. The number of ether oxygens (including phenoxy) is 2. The van der Waals surface area contributed by atoms with Crippen LogP contribution in [0.2, 0.25) is 0 Å². The van der Waals surface area contributed by atoms with E-state index < -0.39 is 0 Å². The lowest BCUT2D eigenvalue weighted by Crippen LogP contribution is -2.42. The van der Waals surface area contributed by atoms with E-state index in [1.165, 1.54) is 56.4 Å². The number of rotatable bonds is 6. The van der Waals surface area contributed by atoms with E-state index in [1.807, 2.05) is 6.08 Å². The minimum atomic E-state index is 0.207. The Morgan fingerprint density at radius 3 is 2.75 bits per heavy atom. The molecule has 0 bridgehead atoms. The highest BCUT2D eigenvalue weighted by atomic mass is 16.5. The molecule has 1 aliphatic heterocycles.